The molecule has 3 saturated heterocycles. The number of rotatable bonds is 7. The number of H-pyrrole nitrogens is 1. The van der Waals surface area contributed by atoms with Crippen LogP contribution in [-0.4, -0.2) is 57.6 Å². The maximum atomic E-state index is 12.8. The van der Waals surface area contributed by atoms with Crippen LogP contribution in [0.25, 0.3) is 28.2 Å². The number of anilines is 1. The Morgan fingerprint density at radius 3 is 2.49 bits per heavy atom. The van der Waals surface area contributed by atoms with Crippen molar-refractivity contribution in [1.29, 1.82) is 0 Å². The van der Waals surface area contributed by atoms with Crippen LogP contribution in [0.15, 0.2) is 77.6 Å². The number of carbonyl (C=O) groups excluding carboxylic acids is 1. The van der Waals surface area contributed by atoms with Crippen molar-refractivity contribution in [2.45, 2.75) is 25.4 Å². The second-order valence-electron chi connectivity index (χ2n) is 10.3. The lowest BCUT2D eigenvalue weighted by Gasteiger charge is -2.48. The first-order chi connectivity index (χ1) is 19.0. The Kier molecular flexibility index (Phi) is 6.62. The van der Waals surface area contributed by atoms with E-state index < -0.39 is 6.09 Å². The van der Waals surface area contributed by atoms with E-state index in [4.69, 9.17) is 0 Å². The molecule has 8 heteroatoms. The third-order valence-corrected chi connectivity index (χ3v) is 8.06. The normalized spacial score (nSPS) is 20.5. The monoisotopic (exact) mass is 522 g/mol. The average molecular weight is 523 g/mol. The number of nitrogens with one attached hydrogen (secondary N) is 1. The van der Waals surface area contributed by atoms with E-state index in [1.165, 1.54) is 0 Å². The lowest BCUT2D eigenvalue weighted by molar-refractivity contribution is 0.0838. The van der Waals surface area contributed by atoms with E-state index in [0.29, 0.717) is 29.2 Å². The zero-order chi connectivity index (χ0) is 26.9. The molecule has 0 unspecified atom stereocenters. The highest BCUT2D eigenvalue weighted by Gasteiger charge is 2.40. The standard InChI is InChI=1S/C31H30N4O4/c36-20-22-9-11-27-26(17-22)32-30(37)34(27)14-4-5-21-8-10-25(23-6-2-1-3-7-23)28(18-21)35(31(38)39)29-19-33-15-12-24(29)13-16-33/h1-11,17-18,20,24,29H,12-16,19H2,(H,32,37)(H,38,39)/t29-/m0/s1. The molecule has 39 heavy (non-hydrogen) atoms. The molecule has 2 bridgehead atoms. The number of hydrogen-bond donors (Lipinski definition) is 2. The smallest absolute Gasteiger partial charge is 0.412 e. The van der Waals surface area contributed by atoms with Gasteiger partial charge in [-0.2, -0.15) is 0 Å². The summed E-state index contributed by atoms with van der Waals surface area (Å²) in [6, 6.07) is 20.8. The lowest BCUT2D eigenvalue weighted by atomic mass is 9.82. The van der Waals surface area contributed by atoms with E-state index in [0.717, 1.165) is 61.0 Å². The predicted molar refractivity (Wildman–Crippen MR) is 152 cm³/mol. The van der Waals surface area contributed by atoms with Gasteiger partial charge in [-0.3, -0.25) is 14.3 Å². The van der Waals surface area contributed by atoms with Gasteiger partial charge in [0.05, 0.1) is 22.8 Å². The summed E-state index contributed by atoms with van der Waals surface area (Å²) in [5, 5.41) is 10.5. The van der Waals surface area contributed by atoms with Crippen molar-refractivity contribution in [1.82, 2.24) is 14.5 Å². The summed E-state index contributed by atoms with van der Waals surface area (Å²) in [7, 11) is 0. The number of fused-ring (bicyclic) bond motifs is 4. The predicted octanol–water partition coefficient (Wildman–Crippen LogP) is 5.10. The number of hydrogen-bond acceptors (Lipinski definition) is 4. The zero-order valence-corrected chi connectivity index (χ0v) is 21.5. The van der Waals surface area contributed by atoms with Crippen LogP contribution < -0.4 is 10.6 Å². The van der Waals surface area contributed by atoms with Crippen LogP contribution >= 0.6 is 0 Å². The van der Waals surface area contributed by atoms with Crippen molar-refractivity contribution >= 4 is 35.2 Å². The summed E-state index contributed by atoms with van der Waals surface area (Å²) in [5.41, 5.74) is 4.96. The van der Waals surface area contributed by atoms with Crippen LogP contribution in [0.5, 0.6) is 0 Å². The summed E-state index contributed by atoms with van der Waals surface area (Å²) < 4.78 is 1.61. The van der Waals surface area contributed by atoms with Gasteiger partial charge < -0.3 is 15.0 Å². The maximum Gasteiger partial charge on any atom is 0.412 e. The Bertz CT molecular complexity index is 1610. The minimum Gasteiger partial charge on any atom is -0.465 e. The van der Waals surface area contributed by atoms with Crippen LogP contribution in [0.2, 0.25) is 0 Å². The molecule has 0 spiro atoms. The summed E-state index contributed by atoms with van der Waals surface area (Å²) in [6.07, 6.45) is 5.66. The maximum absolute atomic E-state index is 12.8. The number of allylic oxidation sites excluding steroid dienone is 1. The second-order valence-corrected chi connectivity index (χ2v) is 10.3. The highest BCUT2D eigenvalue weighted by Crippen LogP contribution is 2.38. The second kappa shape index (κ2) is 10.4. The van der Waals surface area contributed by atoms with Crippen molar-refractivity contribution in [3.05, 3.63) is 94.4 Å². The molecule has 4 heterocycles. The Balaban J connectivity index is 1.35. The van der Waals surface area contributed by atoms with Crippen molar-refractivity contribution < 1.29 is 14.7 Å². The molecular weight excluding hydrogens is 492 g/mol. The van der Waals surface area contributed by atoms with E-state index in [-0.39, 0.29) is 11.7 Å². The van der Waals surface area contributed by atoms with Crippen LogP contribution in [0.1, 0.15) is 28.8 Å². The SMILES string of the molecule is O=Cc1ccc2c(c1)[nH]c(=O)n2CC=Cc1ccc(-c2ccccc2)c(N(C(=O)O)[C@H]2CN3CCC2CC3)c1. The summed E-state index contributed by atoms with van der Waals surface area (Å²) in [6.45, 7) is 3.15. The molecule has 0 radical (unpaired) electrons. The number of nitrogens with zero attached hydrogens (tertiary/aromatic N) is 3. The molecule has 0 aliphatic carbocycles. The number of amides is 1. The first kappa shape index (κ1) is 24.9. The number of piperidine rings is 3. The highest BCUT2D eigenvalue weighted by molar-refractivity contribution is 5.94. The van der Waals surface area contributed by atoms with Crippen LogP contribution in [-0.2, 0) is 6.54 Å². The lowest BCUT2D eigenvalue weighted by Crippen LogP contribution is -2.59. The number of imidazole rings is 1. The fraction of sp³-hybridized carbons (Fsp3) is 0.258. The Morgan fingerprint density at radius 2 is 1.79 bits per heavy atom. The van der Waals surface area contributed by atoms with Gasteiger partial charge in [-0.15, -0.1) is 0 Å². The molecule has 1 amide bonds. The van der Waals surface area contributed by atoms with E-state index in [1.54, 1.807) is 27.7 Å². The number of carboxylic acid groups (broad SMARTS) is 1. The quantitative estimate of drug-likeness (QED) is 0.329. The molecule has 3 aromatic carbocycles. The van der Waals surface area contributed by atoms with Crippen molar-refractivity contribution in [2.75, 3.05) is 24.5 Å². The average Bonchev–Trinajstić information content (AvgIpc) is 3.28. The fourth-order valence-corrected chi connectivity index (χ4v) is 6.09. The molecule has 3 aliphatic rings. The summed E-state index contributed by atoms with van der Waals surface area (Å²) in [4.78, 5) is 43.2. The summed E-state index contributed by atoms with van der Waals surface area (Å²) in [5.74, 6) is 0.349. The molecule has 7 rings (SSSR count). The van der Waals surface area contributed by atoms with Crippen molar-refractivity contribution in [3.63, 3.8) is 0 Å². The molecule has 3 fully saturated rings. The van der Waals surface area contributed by atoms with Gasteiger partial charge in [-0.1, -0.05) is 54.6 Å². The Labute approximate surface area is 225 Å². The van der Waals surface area contributed by atoms with Gasteiger partial charge in [-0.25, -0.2) is 9.59 Å². The molecule has 0 saturated carbocycles. The van der Waals surface area contributed by atoms with Crippen LogP contribution in [0, 0.1) is 5.92 Å². The third-order valence-electron chi connectivity index (χ3n) is 8.06. The first-order valence-corrected chi connectivity index (χ1v) is 13.3. The highest BCUT2D eigenvalue weighted by atomic mass is 16.4. The number of aromatic amines is 1. The number of benzene rings is 3. The molecule has 2 N–H and O–H groups in total. The van der Waals surface area contributed by atoms with E-state index in [9.17, 15) is 19.5 Å². The van der Waals surface area contributed by atoms with Gasteiger partial charge in [0.25, 0.3) is 0 Å². The topological polar surface area (TPSA) is 98.6 Å². The van der Waals surface area contributed by atoms with Gasteiger partial charge in [-0.05, 0) is 67.2 Å². The molecule has 4 aromatic rings. The number of aromatic nitrogens is 2. The minimum absolute atomic E-state index is 0.0901. The molecular formula is C31H30N4O4. The summed E-state index contributed by atoms with van der Waals surface area (Å²) >= 11 is 0. The number of aldehydes is 1. The fourth-order valence-electron chi connectivity index (χ4n) is 6.09. The van der Waals surface area contributed by atoms with Gasteiger partial charge in [0.2, 0.25) is 0 Å². The Morgan fingerprint density at radius 1 is 1.03 bits per heavy atom. The zero-order valence-electron chi connectivity index (χ0n) is 21.5. The van der Waals surface area contributed by atoms with Gasteiger partial charge >= 0.3 is 11.8 Å². The third kappa shape index (κ3) is 4.79. The minimum atomic E-state index is -0.938. The van der Waals surface area contributed by atoms with Gasteiger partial charge in [0, 0.05) is 24.2 Å². The van der Waals surface area contributed by atoms with Gasteiger partial charge in [0.1, 0.15) is 6.29 Å². The largest absolute Gasteiger partial charge is 0.465 e. The molecule has 1 atom stereocenters. The molecule has 198 valence electrons. The molecule has 1 aromatic heterocycles. The molecule has 8 nitrogen and oxygen atoms in total. The van der Waals surface area contributed by atoms with Gasteiger partial charge in [0.15, 0.2) is 0 Å². The van der Waals surface area contributed by atoms with Crippen molar-refractivity contribution in [3.8, 4) is 11.1 Å². The first-order valence-electron chi connectivity index (χ1n) is 13.3. The van der Waals surface area contributed by atoms with E-state index in [1.807, 2.05) is 60.7 Å². The van der Waals surface area contributed by atoms with Crippen LogP contribution in [0.4, 0.5) is 10.5 Å². The van der Waals surface area contributed by atoms with Crippen molar-refractivity contribution in [2.24, 2.45) is 5.92 Å². The molecule has 3 aliphatic heterocycles. The Hall–Kier alpha value is -4.43. The number of carbonyl (C=O) groups is 2. The van der Waals surface area contributed by atoms with E-state index >= 15 is 0 Å². The van der Waals surface area contributed by atoms with Crippen LogP contribution in [0.3, 0.4) is 0 Å². The van der Waals surface area contributed by atoms with E-state index in [2.05, 4.69) is 9.88 Å².